The van der Waals surface area contributed by atoms with E-state index in [0.717, 1.165) is 35.3 Å². The normalized spacial score (nSPS) is 11.7. The predicted molar refractivity (Wildman–Crippen MR) is 110 cm³/mol. The predicted octanol–water partition coefficient (Wildman–Crippen LogP) is 4.75. The highest BCUT2D eigenvalue weighted by Crippen LogP contribution is 2.29. The molecule has 3 rings (SSSR count). The van der Waals surface area contributed by atoms with E-state index in [4.69, 9.17) is 11.6 Å². The SMILES string of the molecule is CCCn1cc(-n2cc(-c3cnc(CC(C)(C)C)cc3Cl)cn2)ccc1=O. The van der Waals surface area contributed by atoms with Gasteiger partial charge in [-0.05, 0) is 30.4 Å². The number of nitrogens with zero attached hydrogens (tertiary/aromatic N) is 4. The first-order valence-corrected chi connectivity index (χ1v) is 9.55. The fourth-order valence-corrected chi connectivity index (χ4v) is 3.28. The molecule has 0 spiro atoms. The Morgan fingerprint density at radius 3 is 2.59 bits per heavy atom. The van der Waals surface area contributed by atoms with Crippen LogP contribution in [0.4, 0.5) is 0 Å². The van der Waals surface area contributed by atoms with Crippen LogP contribution in [0.2, 0.25) is 5.02 Å². The number of hydrogen-bond donors (Lipinski definition) is 0. The van der Waals surface area contributed by atoms with Crippen LogP contribution < -0.4 is 5.56 Å². The first kappa shape index (κ1) is 19.4. The molecule has 0 aliphatic rings. The van der Waals surface area contributed by atoms with Gasteiger partial charge in [0.1, 0.15) is 0 Å². The first-order valence-electron chi connectivity index (χ1n) is 9.17. The van der Waals surface area contributed by atoms with Crippen molar-refractivity contribution in [1.29, 1.82) is 0 Å². The Bertz CT molecular complexity index is 998. The van der Waals surface area contributed by atoms with Crippen LogP contribution in [0.1, 0.15) is 39.8 Å². The molecular weight excluding hydrogens is 360 g/mol. The largest absolute Gasteiger partial charge is 0.313 e. The molecule has 0 N–H and O–H groups in total. The van der Waals surface area contributed by atoms with Crippen molar-refractivity contribution in [2.45, 2.75) is 47.1 Å². The highest BCUT2D eigenvalue weighted by molar-refractivity contribution is 6.33. The smallest absolute Gasteiger partial charge is 0.250 e. The van der Waals surface area contributed by atoms with Gasteiger partial charge in [-0.3, -0.25) is 9.78 Å². The Hall–Kier alpha value is -2.40. The Balaban J connectivity index is 1.90. The molecule has 3 heterocycles. The van der Waals surface area contributed by atoms with Crippen LogP contribution in [-0.4, -0.2) is 19.3 Å². The summed E-state index contributed by atoms with van der Waals surface area (Å²) in [7, 11) is 0. The third-order valence-electron chi connectivity index (χ3n) is 4.21. The molecule has 5 nitrogen and oxygen atoms in total. The standard InChI is InChI=1S/C21H25ClN4O/c1-5-8-25-14-17(6-7-20(25)27)26-13-15(11-24-26)18-12-23-16(9-19(18)22)10-21(2,3)4/h6-7,9,11-14H,5,8,10H2,1-4H3. The summed E-state index contributed by atoms with van der Waals surface area (Å²) in [4.78, 5) is 16.5. The Labute approximate surface area is 164 Å². The van der Waals surface area contributed by atoms with Gasteiger partial charge in [-0.1, -0.05) is 39.3 Å². The molecule has 0 fully saturated rings. The summed E-state index contributed by atoms with van der Waals surface area (Å²) in [5.74, 6) is 0. The van der Waals surface area contributed by atoms with Gasteiger partial charge >= 0.3 is 0 Å². The van der Waals surface area contributed by atoms with E-state index >= 15 is 0 Å². The van der Waals surface area contributed by atoms with Crippen molar-refractivity contribution in [2.24, 2.45) is 5.41 Å². The minimum absolute atomic E-state index is 0.00494. The molecule has 0 unspecified atom stereocenters. The molecule has 0 bridgehead atoms. The molecule has 0 aliphatic heterocycles. The Morgan fingerprint density at radius 2 is 1.93 bits per heavy atom. The topological polar surface area (TPSA) is 52.7 Å². The zero-order valence-corrected chi connectivity index (χ0v) is 17.0. The minimum Gasteiger partial charge on any atom is -0.313 e. The van der Waals surface area contributed by atoms with Crippen molar-refractivity contribution < 1.29 is 0 Å². The van der Waals surface area contributed by atoms with Gasteiger partial charge in [-0.15, -0.1) is 0 Å². The lowest BCUT2D eigenvalue weighted by atomic mass is 9.90. The fourth-order valence-electron chi connectivity index (χ4n) is 3.00. The molecule has 0 saturated heterocycles. The van der Waals surface area contributed by atoms with Gasteiger partial charge in [0.2, 0.25) is 0 Å². The van der Waals surface area contributed by atoms with E-state index in [0.29, 0.717) is 11.6 Å². The second kappa shape index (κ2) is 7.69. The van der Waals surface area contributed by atoms with Crippen LogP contribution in [-0.2, 0) is 13.0 Å². The summed E-state index contributed by atoms with van der Waals surface area (Å²) >= 11 is 6.51. The van der Waals surface area contributed by atoms with E-state index in [2.05, 4.69) is 30.9 Å². The summed E-state index contributed by atoms with van der Waals surface area (Å²) in [6, 6.07) is 5.28. The molecule has 0 amide bonds. The number of rotatable bonds is 5. The van der Waals surface area contributed by atoms with Gasteiger partial charge in [-0.2, -0.15) is 5.10 Å². The maximum atomic E-state index is 11.9. The molecular formula is C21H25ClN4O. The maximum Gasteiger partial charge on any atom is 0.250 e. The second-order valence-corrected chi connectivity index (χ2v) is 8.39. The lowest BCUT2D eigenvalue weighted by molar-refractivity contribution is 0.406. The van der Waals surface area contributed by atoms with Gasteiger partial charge < -0.3 is 4.57 Å². The van der Waals surface area contributed by atoms with Crippen molar-refractivity contribution in [3.05, 3.63) is 64.1 Å². The second-order valence-electron chi connectivity index (χ2n) is 7.99. The number of hydrogen-bond acceptors (Lipinski definition) is 3. The zero-order chi connectivity index (χ0) is 19.6. The third kappa shape index (κ3) is 4.66. The number of aromatic nitrogens is 4. The molecule has 0 aliphatic carbocycles. The van der Waals surface area contributed by atoms with E-state index in [1.54, 1.807) is 27.6 Å². The highest BCUT2D eigenvalue weighted by atomic mass is 35.5. The van der Waals surface area contributed by atoms with Gasteiger partial charge in [0.15, 0.2) is 0 Å². The summed E-state index contributed by atoms with van der Waals surface area (Å²) in [5, 5.41) is 5.10. The number of pyridine rings is 2. The van der Waals surface area contributed by atoms with Gasteiger partial charge in [-0.25, -0.2) is 4.68 Å². The Kier molecular flexibility index (Phi) is 5.51. The van der Waals surface area contributed by atoms with Crippen LogP contribution >= 0.6 is 11.6 Å². The molecule has 0 saturated carbocycles. The first-order chi connectivity index (χ1) is 12.8. The van der Waals surface area contributed by atoms with Crippen molar-refractivity contribution in [2.75, 3.05) is 0 Å². The quantitative estimate of drug-likeness (QED) is 0.637. The maximum absolute atomic E-state index is 11.9. The summed E-state index contributed by atoms with van der Waals surface area (Å²) in [5.41, 5.74) is 3.71. The monoisotopic (exact) mass is 384 g/mol. The summed E-state index contributed by atoms with van der Waals surface area (Å²) in [6.07, 6.45) is 9.07. The number of aryl methyl sites for hydroxylation is 1. The lowest BCUT2D eigenvalue weighted by Crippen LogP contribution is -2.19. The van der Waals surface area contributed by atoms with Gasteiger partial charge in [0.25, 0.3) is 5.56 Å². The molecule has 27 heavy (non-hydrogen) atoms. The van der Waals surface area contributed by atoms with Crippen molar-refractivity contribution in [3.63, 3.8) is 0 Å². The number of halogens is 1. The summed E-state index contributed by atoms with van der Waals surface area (Å²) < 4.78 is 3.45. The Morgan fingerprint density at radius 1 is 1.15 bits per heavy atom. The van der Waals surface area contributed by atoms with E-state index in [1.807, 2.05) is 31.6 Å². The molecule has 0 aromatic carbocycles. The summed E-state index contributed by atoms with van der Waals surface area (Å²) in [6.45, 7) is 9.27. The zero-order valence-electron chi connectivity index (χ0n) is 16.2. The van der Waals surface area contributed by atoms with E-state index in [1.165, 1.54) is 0 Å². The average Bonchev–Trinajstić information content (AvgIpc) is 3.05. The van der Waals surface area contributed by atoms with E-state index in [9.17, 15) is 4.79 Å². The van der Waals surface area contributed by atoms with Crippen LogP contribution in [0.5, 0.6) is 0 Å². The van der Waals surface area contributed by atoms with Crippen molar-refractivity contribution in [1.82, 2.24) is 19.3 Å². The third-order valence-corrected chi connectivity index (χ3v) is 4.52. The van der Waals surface area contributed by atoms with Crippen LogP contribution in [0.25, 0.3) is 16.8 Å². The van der Waals surface area contributed by atoms with E-state index in [-0.39, 0.29) is 11.0 Å². The molecule has 0 atom stereocenters. The fraction of sp³-hybridized carbons (Fsp3) is 0.381. The molecule has 3 aromatic heterocycles. The van der Waals surface area contributed by atoms with E-state index < -0.39 is 0 Å². The molecule has 3 aromatic rings. The van der Waals surface area contributed by atoms with Crippen LogP contribution in [0, 0.1) is 5.41 Å². The van der Waals surface area contributed by atoms with Crippen molar-refractivity contribution in [3.8, 4) is 16.8 Å². The molecule has 6 heteroatoms. The highest BCUT2D eigenvalue weighted by Gasteiger charge is 2.15. The van der Waals surface area contributed by atoms with Crippen LogP contribution in [0.3, 0.4) is 0 Å². The average molecular weight is 385 g/mol. The minimum atomic E-state index is -0.00494. The lowest BCUT2D eigenvalue weighted by Gasteiger charge is -2.17. The van der Waals surface area contributed by atoms with Crippen molar-refractivity contribution >= 4 is 11.6 Å². The molecule has 142 valence electrons. The van der Waals surface area contributed by atoms with Gasteiger partial charge in [0, 0.05) is 48.0 Å². The van der Waals surface area contributed by atoms with Crippen LogP contribution in [0.15, 0.2) is 47.8 Å². The van der Waals surface area contributed by atoms with Gasteiger partial charge in [0.05, 0.1) is 16.9 Å². The molecule has 0 radical (unpaired) electrons.